The van der Waals surface area contributed by atoms with Gasteiger partial charge in [0.25, 0.3) is 0 Å². The average Bonchev–Trinajstić information content (AvgIpc) is 3.01. The Balaban J connectivity index is 1.67. The topological polar surface area (TPSA) is 71.1 Å². The highest BCUT2D eigenvalue weighted by Gasteiger charge is 2.16. The molecule has 2 aromatic rings. The van der Waals surface area contributed by atoms with E-state index in [-0.39, 0.29) is 17.9 Å². The molecule has 0 aliphatic rings. The highest BCUT2D eigenvalue weighted by Crippen LogP contribution is 2.22. The quantitative estimate of drug-likeness (QED) is 0.672. The molecule has 0 fully saturated rings. The van der Waals surface area contributed by atoms with Crippen molar-refractivity contribution in [2.24, 2.45) is 0 Å². The molecule has 6 heteroatoms. The van der Waals surface area contributed by atoms with Crippen LogP contribution in [0.1, 0.15) is 51.5 Å². The lowest BCUT2D eigenvalue weighted by atomic mass is 10.1. The van der Waals surface area contributed by atoms with Crippen molar-refractivity contribution in [1.29, 1.82) is 0 Å². The van der Waals surface area contributed by atoms with E-state index < -0.39 is 6.04 Å². The van der Waals surface area contributed by atoms with Gasteiger partial charge in [0.05, 0.1) is 15.2 Å². The van der Waals surface area contributed by atoms with Gasteiger partial charge in [0.1, 0.15) is 6.04 Å². The van der Waals surface area contributed by atoms with E-state index in [1.54, 1.807) is 18.3 Å². The molecule has 0 spiro atoms. The average molecular weight is 362 g/mol. The van der Waals surface area contributed by atoms with Gasteiger partial charge in [-0.2, -0.15) is 0 Å². The van der Waals surface area contributed by atoms with Gasteiger partial charge in [-0.15, -0.1) is 11.3 Å². The van der Waals surface area contributed by atoms with Gasteiger partial charge in [0.15, 0.2) is 0 Å². The van der Waals surface area contributed by atoms with E-state index in [1.165, 1.54) is 4.70 Å². The second kappa shape index (κ2) is 9.51. The first-order valence-electron chi connectivity index (χ1n) is 8.93. The molecule has 0 saturated heterocycles. The molecule has 5 nitrogen and oxygen atoms in total. The second-order valence-electron chi connectivity index (χ2n) is 6.39. The van der Waals surface area contributed by atoms with Gasteiger partial charge in [0.2, 0.25) is 11.8 Å². The number of benzene rings is 1. The van der Waals surface area contributed by atoms with Gasteiger partial charge in [-0.1, -0.05) is 19.1 Å². The zero-order valence-corrected chi connectivity index (χ0v) is 16.0. The van der Waals surface area contributed by atoms with E-state index in [0.717, 1.165) is 36.2 Å². The van der Waals surface area contributed by atoms with Crippen LogP contribution in [0.25, 0.3) is 10.2 Å². The number of hydrogen-bond acceptors (Lipinski definition) is 4. The minimum absolute atomic E-state index is 0.0731. The second-order valence-corrected chi connectivity index (χ2v) is 7.50. The van der Waals surface area contributed by atoms with Gasteiger partial charge >= 0.3 is 0 Å². The maximum absolute atomic E-state index is 12.0. The molecule has 2 rings (SSSR count). The van der Waals surface area contributed by atoms with E-state index in [2.05, 4.69) is 21.7 Å². The molecule has 2 amide bonds. The van der Waals surface area contributed by atoms with Crippen molar-refractivity contribution >= 4 is 33.4 Å². The third-order valence-electron chi connectivity index (χ3n) is 4.15. The van der Waals surface area contributed by atoms with Crippen LogP contribution in [0.3, 0.4) is 0 Å². The molecule has 2 N–H and O–H groups in total. The number of carbonyl (C=O) groups excluding carboxylic acids is 2. The number of rotatable bonds is 9. The van der Waals surface area contributed by atoms with Gasteiger partial charge in [0, 0.05) is 12.5 Å². The number of nitrogens with one attached hydrogen (secondary N) is 2. The summed E-state index contributed by atoms with van der Waals surface area (Å²) in [6.07, 6.45) is 3.91. The molecule has 1 aromatic heterocycles. The lowest BCUT2D eigenvalue weighted by Crippen LogP contribution is -2.47. The molecule has 0 aliphatic heterocycles. The zero-order valence-electron chi connectivity index (χ0n) is 15.2. The lowest BCUT2D eigenvalue weighted by molar-refractivity contribution is -0.129. The number of carbonyl (C=O) groups is 2. The van der Waals surface area contributed by atoms with Gasteiger partial charge in [-0.25, -0.2) is 4.98 Å². The maximum Gasteiger partial charge on any atom is 0.242 e. The smallest absolute Gasteiger partial charge is 0.242 e. The molecular formula is C19H27N3O2S. The van der Waals surface area contributed by atoms with Crippen LogP contribution in [0.15, 0.2) is 24.3 Å². The van der Waals surface area contributed by atoms with Crippen molar-refractivity contribution in [3.8, 4) is 0 Å². The number of hydrogen-bond donors (Lipinski definition) is 2. The van der Waals surface area contributed by atoms with Gasteiger partial charge < -0.3 is 10.6 Å². The first kappa shape index (κ1) is 19.4. The molecule has 0 bridgehead atoms. The molecule has 0 aliphatic carbocycles. The van der Waals surface area contributed by atoms with Crippen LogP contribution in [0, 0.1) is 0 Å². The Hall–Kier alpha value is -1.95. The minimum Gasteiger partial charge on any atom is -0.352 e. The van der Waals surface area contributed by atoms with Crippen LogP contribution in [0.5, 0.6) is 0 Å². The highest BCUT2D eigenvalue weighted by atomic mass is 32.1. The summed E-state index contributed by atoms with van der Waals surface area (Å²) >= 11 is 1.71. The van der Waals surface area contributed by atoms with Crippen LogP contribution in [-0.4, -0.2) is 28.9 Å². The highest BCUT2D eigenvalue weighted by molar-refractivity contribution is 7.18. The predicted octanol–water partition coefficient (Wildman–Crippen LogP) is 3.43. The maximum atomic E-state index is 12.0. The van der Waals surface area contributed by atoms with Gasteiger partial charge in [-0.3, -0.25) is 9.59 Å². The van der Waals surface area contributed by atoms with Crippen molar-refractivity contribution in [2.45, 2.75) is 65.0 Å². The Morgan fingerprint density at radius 3 is 2.64 bits per heavy atom. The molecule has 2 unspecified atom stereocenters. The fourth-order valence-electron chi connectivity index (χ4n) is 2.44. The number of unbranched alkanes of at least 4 members (excludes halogenated alkanes) is 1. The van der Waals surface area contributed by atoms with Crippen LogP contribution in [-0.2, 0) is 16.0 Å². The minimum atomic E-state index is -0.495. The first-order valence-corrected chi connectivity index (χ1v) is 9.75. The summed E-state index contributed by atoms with van der Waals surface area (Å²) in [5, 5.41) is 6.75. The SMILES string of the molecule is CCC(C)NC(=O)C(C)NC(=O)CCCCc1nc2ccccc2s1. The van der Waals surface area contributed by atoms with Gasteiger partial charge in [-0.05, 0) is 51.7 Å². The molecule has 1 heterocycles. The number of fused-ring (bicyclic) bond motifs is 1. The summed E-state index contributed by atoms with van der Waals surface area (Å²) in [7, 11) is 0. The number of aryl methyl sites for hydroxylation is 1. The summed E-state index contributed by atoms with van der Waals surface area (Å²) < 4.78 is 1.20. The van der Waals surface area contributed by atoms with Crippen LogP contribution >= 0.6 is 11.3 Å². The molecule has 0 radical (unpaired) electrons. The van der Waals surface area contributed by atoms with E-state index in [4.69, 9.17) is 0 Å². The van der Waals surface area contributed by atoms with Crippen LogP contribution < -0.4 is 10.6 Å². The lowest BCUT2D eigenvalue weighted by Gasteiger charge is -2.17. The molecule has 136 valence electrons. The van der Waals surface area contributed by atoms with Crippen LogP contribution in [0.4, 0.5) is 0 Å². The fourth-order valence-corrected chi connectivity index (χ4v) is 3.45. The van der Waals surface area contributed by atoms with E-state index in [9.17, 15) is 9.59 Å². The number of thiazole rings is 1. The summed E-state index contributed by atoms with van der Waals surface area (Å²) in [5.74, 6) is -0.201. The number of amides is 2. The molecule has 1 aromatic carbocycles. The summed E-state index contributed by atoms with van der Waals surface area (Å²) in [5.41, 5.74) is 1.04. The Bertz CT molecular complexity index is 681. The Kier molecular flexibility index (Phi) is 7.37. The third kappa shape index (κ3) is 6.12. The normalized spacial score (nSPS) is 13.4. The van der Waals surface area contributed by atoms with Crippen molar-refractivity contribution in [2.75, 3.05) is 0 Å². The summed E-state index contributed by atoms with van der Waals surface area (Å²) in [4.78, 5) is 28.5. The van der Waals surface area contributed by atoms with Crippen molar-refractivity contribution in [1.82, 2.24) is 15.6 Å². The molecule has 25 heavy (non-hydrogen) atoms. The van der Waals surface area contributed by atoms with E-state index in [1.807, 2.05) is 32.0 Å². The zero-order chi connectivity index (χ0) is 18.2. The van der Waals surface area contributed by atoms with Crippen molar-refractivity contribution < 1.29 is 9.59 Å². The standard InChI is InChI=1S/C19H27N3O2S/c1-4-13(2)20-19(24)14(3)21-17(23)11-7-8-12-18-22-15-9-5-6-10-16(15)25-18/h5-6,9-10,13-14H,4,7-8,11-12H2,1-3H3,(H,20,24)(H,21,23). The number of nitrogens with zero attached hydrogens (tertiary/aromatic N) is 1. The Morgan fingerprint density at radius 2 is 1.92 bits per heavy atom. The fraction of sp³-hybridized carbons (Fsp3) is 0.526. The molecular weight excluding hydrogens is 334 g/mol. The Labute approximate surface area is 153 Å². The molecule has 0 saturated carbocycles. The monoisotopic (exact) mass is 361 g/mol. The molecule has 2 atom stereocenters. The number of aromatic nitrogens is 1. The Morgan fingerprint density at radius 1 is 1.16 bits per heavy atom. The van der Waals surface area contributed by atoms with Crippen molar-refractivity contribution in [3.63, 3.8) is 0 Å². The van der Waals surface area contributed by atoms with E-state index in [0.29, 0.717) is 6.42 Å². The summed E-state index contributed by atoms with van der Waals surface area (Å²) in [6, 6.07) is 7.75. The van der Waals surface area contributed by atoms with Crippen molar-refractivity contribution in [3.05, 3.63) is 29.3 Å². The predicted molar refractivity (Wildman–Crippen MR) is 103 cm³/mol. The third-order valence-corrected chi connectivity index (χ3v) is 5.25. The first-order chi connectivity index (χ1) is 12.0. The van der Waals surface area contributed by atoms with E-state index >= 15 is 0 Å². The number of para-hydroxylation sites is 1. The summed E-state index contributed by atoms with van der Waals surface area (Å²) in [6.45, 7) is 5.69. The largest absolute Gasteiger partial charge is 0.352 e. The van der Waals surface area contributed by atoms with Crippen LogP contribution in [0.2, 0.25) is 0 Å².